The zero-order valence-corrected chi connectivity index (χ0v) is 14.8. The fraction of sp³-hybridized carbons (Fsp3) is 0.579. The molecule has 6 nitrogen and oxygen atoms in total. The van der Waals surface area contributed by atoms with E-state index in [2.05, 4.69) is 10.6 Å². The van der Waals surface area contributed by atoms with Gasteiger partial charge in [0.1, 0.15) is 5.82 Å². The average molecular weight is 363 g/mol. The first-order chi connectivity index (χ1) is 12.5. The number of hydrogen-bond donors (Lipinski definition) is 3. The Hall–Kier alpha value is -1.99. The van der Waals surface area contributed by atoms with E-state index in [0.29, 0.717) is 18.7 Å². The summed E-state index contributed by atoms with van der Waals surface area (Å²) in [7, 11) is 0. The minimum absolute atomic E-state index is 0.0127. The molecule has 1 aromatic carbocycles. The Morgan fingerprint density at radius 3 is 2.85 bits per heavy atom. The molecule has 0 saturated carbocycles. The summed E-state index contributed by atoms with van der Waals surface area (Å²) in [6, 6.07) is 5.30. The van der Waals surface area contributed by atoms with Gasteiger partial charge in [-0.25, -0.2) is 4.39 Å². The van der Waals surface area contributed by atoms with Gasteiger partial charge in [0.25, 0.3) is 5.91 Å². The zero-order valence-electron chi connectivity index (χ0n) is 14.8. The Balaban J connectivity index is 1.48. The van der Waals surface area contributed by atoms with Gasteiger partial charge < -0.3 is 20.6 Å². The zero-order chi connectivity index (χ0) is 18.6. The van der Waals surface area contributed by atoms with E-state index in [4.69, 9.17) is 0 Å². The number of aliphatic hydroxyl groups excluding tert-OH is 1. The minimum atomic E-state index is -0.393. The molecule has 2 saturated heterocycles. The Kier molecular flexibility index (Phi) is 5.88. The third-order valence-corrected chi connectivity index (χ3v) is 5.47. The molecule has 2 atom stereocenters. The third kappa shape index (κ3) is 4.22. The first-order valence-corrected chi connectivity index (χ1v) is 9.20. The summed E-state index contributed by atoms with van der Waals surface area (Å²) in [6.45, 7) is 3.04. The number of nitrogens with one attached hydrogen (secondary N) is 2. The summed E-state index contributed by atoms with van der Waals surface area (Å²) in [5, 5.41) is 16.4. The predicted octanol–water partition coefficient (Wildman–Crippen LogP) is 0.909. The summed E-state index contributed by atoms with van der Waals surface area (Å²) < 4.78 is 12.9. The normalized spacial score (nSPS) is 25.9. The molecule has 3 N–H and O–H groups in total. The van der Waals surface area contributed by atoms with E-state index >= 15 is 0 Å². The van der Waals surface area contributed by atoms with Crippen LogP contribution >= 0.6 is 0 Å². The van der Waals surface area contributed by atoms with E-state index in [9.17, 15) is 19.1 Å². The van der Waals surface area contributed by atoms with Crippen molar-refractivity contribution in [3.63, 3.8) is 0 Å². The molecule has 1 spiro atoms. The number of amides is 2. The molecule has 3 rings (SSSR count). The second kappa shape index (κ2) is 8.14. The number of benzene rings is 1. The second-order valence-electron chi connectivity index (χ2n) is 7.28. The molecule has 1 aromatic rings. The molecule has 0 radical (unpaired) electrons. The van der Waals surface area contributed by atoms with Crippen LogP contribution in [0, 0.1) is 11.2 Å². The molecule has 7 heteroatoms. The molecule has 142 valence electrons. The van der Waals surface area contributed by atoms with Crippen molar-refractivity contribution in [2.45, 2.75) is 31.8 Å². The molecule has 2 fully saturated rings. The van der Waals surface area contributed by atoms with E-state index in [1.54, 1.807) is 0 Å². The Labute approximate surface area is 152 Å². The predicted molar refractivity (Wildman–Crippen MR) is 95.1 cm³/mol. The van der Waals surface area contributed by atoms with Crippen molar-refractivity contribution in [1.82, 2.24) is 15.5 Å². The molecule has 2 amide bonds. The lowest BCUT2D eigenvalue weighted by atomic mass is 9.72. The van der Waals surface area contributed by atoms with Gasteiger partial charge in [0, 0.05) is 43.6 Å². The van der Waals surface area contributed by atoms with Crippen LogP contribution in [0.25, 0.3) is 0 Å². The highest BCUT2D eigenvalue weighted by atomic mass is 19.1. The maximum atomic E-state index is 12.9. The summed E-state index contributed by atoms with van der Waals surface area (Å²) in [6.07, 6.45) is 2.36. The van der Waals surface area contributed by atoms with E-state index < -0.39 is 5.82 Å². The maximum Gasteiger partial charge on any atom is 0.251 e. The van der Waals surface area contributed by atoms with Crippen LogP contribution in [-0.2, 0) is 4.79 Å². The lowest BCUT2D eigenvalue weighted by Crippen LogP contribution is -2.59. The van der Waals surface area contributed by atoms with Crippen LogP contribution in [0.2, 0.25) is 0 Å². The van der Waals surface area contributed by atoms with Crippen LogP contribution in [0.1, 0.15) is 36.0 Å². The van der Waals surface area contributed by atoms with Crippen LogP contribution in [0.5, 0.6) is 0 Å². The van der Waals surface area contributed by atoms with Crippen molar-refractivity contribution in [3.05, 3.63) is 35.6 Å². The lowest BCUT2D eigenvalue weighted by Gasteiger charge is -2.48. The fourth-order valence-corrected chi connectivity index (χ4v) is 3.93. The highest BCUT2D eigenvalue weighted by Gasteiger charge is 2.43. The summed E-state index contributed by atoms with van der Waals surface area (Å²) in [5.74, 6) is -0.726. The second-order valence-corrected chi connectivity index (χ2v) is 7.28. The Bertz CT molecular complexity index is 648. The highest BCUT2D eigenvalue weighted by molar-refractivity contribution is 5.94. The van der Waals surface area contributed by atoms with Crippen LogP contribution in [-0.4, -0.2) is 60.6 Å². The third-order valence-electron chi connectivity index (χ3n) is 5.47. The molecule has 2 aliphatic rings. The molecule has 0 aromatic heterocycles. The van der Waals surface area contributed by atoms with Crippen molar-refractivity contribution in [3.8, 4) is 0 Å². The first kappa shape index (κ1) is 18.8. The van der Waals surface area contributed by atoms with Gasteiger partial charge in [0.05, 0.1) is 6.10 Å². The van der Waals surface area contributed by atoms with E-state index in [0.717, 1.165) is 32.4 Å². The van der Waals surface area contributed by atoms with Gasteiger partial charge >= 0.3 is 0 Å². The number of hydrogen-bond acceptors (Lipinski definition) is 4. The van der Waals surface area contributed by atoms with E-state index in [1.807, 2.05) is 4.90 Å². The molecule has 0 bridgehead atoms. The van der Waals surface area contributed by atoms with Gasteiger partial charge in [0.2, 0.25) is 5.91 Å². The van der Waals surface area contributed by atoms with Crippen molar-refractivity contribution in [2.24, 2.45) is 5.41 Å². The number of likely N-dealkylation sites (tertiary alicyclic amines) is 1. The van der Waals surface area contributed by atoms with Crippen LogP contribution in [0.4, 0.5) is 4.39 Å². The van der Waals surface area contributed by atoms with Crippen molar-refractivity contribution in [2.75, 3.05) is 32.7 Å². The number of piperidine rings is 2. The first-order valence-electron chi connectivity index (χ1n) is 9.20. The number of halogens is 1. The molecule has 0 aliphatic carbocycles. The van der Waals surface area contributed by atoms with Crippen LogP contribution < -0.4 is 10.6 Å². The number of carbonyl (C=O) groups excluding carboxylic acids is 2. The summed E-state index contributed by atoms with van der Waals surface area (Å²) >= 11 is 0. The molecule has 0 unspecified atom stereocenters. The Morgan fingerprint density at radius 2 is 2.12 bits per heavy atom. The van der Waals surface area contributed by atoms with E-state index in [1.165, 1.54) is 24.3 Å². The van der Waals surface area contributed by atoms with Gasteiger partial charge in [-0.05, 0) is 50.1 Å². The monoisotopic (exact) mass is 363 g/mol. The molecular weight excluding hydrogens is 337 g/mol. The lowest BCUT2D eigenvalue weighted by molar-refractivity contribution is -0.138. The molecule has 2 aliphatic heterocycles. The standard InChI is InChI=1S/C19H26FN3O3/c20-15-4-2-14(3-5-15)18(26)22-10-7-17(25)23-11-1-8-19(13-23)12-21-9-6-16(19)24/h2-5,16,21,24H,1,6-13H2,(H,22,26)/t16-,19-/m0/s1. The maximum absolute atomic E-state index is 12.9. The van der Waals surface area contributed by atoms with Gasteiger partial charge in [-0.1, -0.05) is 0 Å². The minimum Gasteiger partial charge on any atom is -0.392 e. The van der Waals surface area contributed by atoms with Crippen molar-refractivity contribution >= 4 is 11.8 Å². The van der Waals surface area contributed by atoms with Crippen molar-refractivity contribution < 1.29 is 19.1 Å². The summed E-state index contributed by atoms with van der Waals surface area (Å²) in [5.41, 5.74) is 0.121. The fourth-order valence-electron chi connectivity index (χ4n) is 3.93. The number of carbonyl (C=O) groups is 2. The van der Waals surface area contributed by atoms with Crippen molar-refractivity contribution in [1.29, 1.82) is 0 Å². The van der Waals surface area contributed by atoms with Gasteiger partial charge in [-0.15, -0.1) is 0 Å². The van der Waals surface area contributed by atoms with Gasteiger partial charge in [0.15, 0.2) is 0 Å². The average Bonchev–Trinajstić information content (AvgIpc) is 2.65. The molecule has 2 heterocycles. The molecule has 26 heavy (non-hydrogen) atoms. The van der Waals surface area contributed by atoms with Gasteiger partial charge in [-0.3, -0.25) is 9.59 Å². The quantitative estimate of drug-likeness (QED) is 0.743. The van der Waals surface area contributed by atoms with E-state index in [-0.39, 0.29) is 36.3 Å². The largest absolute Gasteiger partial charge is 0.392 e. The highest BCUT2D eigenvalue weighted by Crippen LogP contribution is 2.36. The SMILES string of the molecule is O=C(NCCC(=O)N1CCC[C@]2(CNCC[C@@H]2O)C1)c1ccc(F)cc1. The summed E-state index contributed by atoms with van der Waals surface area (Å²) in [4.78, 5) is 26.3. The smallest absolute Gasteiger partial charge is 0.251 e. The topological polar surface area (TPSA) is 81.7 Å². The Morgan fingerprint density at radius 1 is 1.35 bits per heavy atom. The number of nitrogens with zero attached hydrogens (tertiary/aromatic N) is 1. The number of rotatable bonds is 4. The van der Waals surface area contributed by atoms with Crippen LogP contribution in [0.15, 0.2) is 24.3 Å². The van der Waals surface area contributed by atoms with Crippen LogP contribution in [0.3, 0.4) is 0 Å². The number of aliphatic hydroxyl groups is 1. The molecular formula is C19H26FN3O3. The van der Waals surface area contributed by atoms with Gasteiger partial charge in [-0.2, -0.15) is 0 Å².